The fourth-order valence-corrected chi connectivity index (χ4v) is 1.53. The number of hydrogen-bond donors (Lipinski definition) is 0. The monoisotopic (exact) mass is 251 g/mol. The van der Waals surface area contributed by atoms with Gasteiger partial charge >= 0.3 is 0 Å². The highest BCUT2D eigenvalue weighted by Gasteiger charge is 2.02. The Hall–Kier alpha value is -1.39. The predicted octanol–water partition coefficient (Wildman–Crippen LogP) is 2.85. The number of benzene rings is 1. The number of ether oxygens (including phenoxy) is 1. The van der Waals surface area contributed by atoms with Gasteiger partial charge in [-0.1, -0.05) is 23.7 Å². The summed E-state index contributed by atoms with van der Waals surface area (Å²) in [6.07, 6.45) is 2.87. The summed E-state index contributed by atoms with van der Waals surface area (Å²) in [6.45, 7) is 3.32. The molecule has 5 heteroatoms. The molecule has 4 nitrogen and oxygen atoms in total. The summed E-state index contributed by atoms with van der Waals surface area (Å²) in [6, 6.07) is 7.44. The lowest BCUT2D eigenvalue weighted by Gasteiger charge is -1.99. The summed E-state index contributed by atoms with van der Waals surface area (Å²) in [5, 5.41) is 8.79. The molecule has 1 heterocycles. The fourth-order valence-electron chi connectivity index (χ4n) is 1.41. The average Bonchev–Trinajstić information content (AvgIpc) is 2.79. The highest BCUT2D eigenvalue weighted by Crippen LogP contribution is 2.12. The third-order valence-corrected chi connectivity index (χ3v) is 2.48. The van der Waals surface area contributed by atoms with Crippen LogP contribution in [0.4, 0.5) is 0 Å². The number of rotatable bonds is 5. The van der Waals surface area contributed by atoms with Crippen molar-refractivity contribution in [3.05, 3.63) is 41.2 Å². The highest BCUT2D eigenvalue weighted by atomic mass is 35.5. The Labute approximate surface area is 105 Å². The number of nitrogens with zero attached hydrogens (tertiary/aromatic N) is 3. The Kier molecular flexibility index (Phi) is 4.12. The van der Waals surface area contributed by atoms with Gasteiger partial charge in [0, 0.05) is 11.6 Å². The van der Waals surface area contributed by atoms with E-state index in [-0.39, 0.29) is 0 Å². The molecule has 0 saturated carbocycles. The summed E-state index contributed by atoms with van der Waals surface area (Å²) < 4.78 is 7.11. The molecule has 0 fully saturated rings. The van der Waals surface area contributed by atoms with Crippen LogP contribution >= 0.6 is 11.6 Å². The van der Waals surface area contributed by atoms with Crippen molar-refractivity contribution >= 4 is 11.6 Å². The molecule has 2 rings (SSSR count). The first-order valence-corrected chi connectivity index (χ1v) is 5.92. The van der Waals surface area contributed by atoms with Gasteiger partial charge in [-0.05, 0) is 30.7 Å². The zero-order chi connectivity index (χ0) is 12.1. The molecule has 0 aliphatic heterocycles. The smallest absolute Gasteiger partial charge is 0.109 e. The Morgan fingerprint density at radius 2 is 2.06 bits per heavy atom. The Bertz CT molecular complexity index is 467. The van der Waals surface area contributed by atoms with Crippen molar-refractivity contribution < 1.29 is 4.74 Å². The minimum absolute atomic E-state index is 0.501. The lowest BCUT2D eigenvalue weighted by Crippen LogP contribution is -1.94. The Morgan fingerprint density at radius 1 is 1.29 bits per heavy atom. The summed E-state index contributed by atoms with van der Waals surface area (Å²) in [5.41, 5.74) is 1.76. The van der Waals surface area contributed by atoms with Crippen LogP contribution in [0.2, 0.25) is 5.02 Å². The molecule has 1 aromatic carbocycles. The van der Waals surface area contributed by atoms with E-state index in [1.54, 1.807) is 4.68 Å². The van der Waals surface area contributed by atoms with Crippen LogP contribution in [0.1, 0.15) is 19.0 Å². The molecule has 0 saturated heterocycles. The Morgan fingerprint density at radius 3 is 2.76 bits per heavy atom. The molecule has 0 unspecified atom stereocenters. The van der Waals surface area contributed by atoms with E-state index in [1.165, 1.54) is 0 Å². The molecule has 0 N–H and O–H groups in total. The van der Waals surface area contributed by atoms with E-state index in [2.05, 4.69) is 17.2 Å². The second-order valence-electron chi connectivity index (χ2n) is 3.68. The zero-order valence-electron chi connectivity index (χ0n) is 9.64. The van der Waals surface area contributed by atoms with Crippen LogP contribution in [-0.2, 0) is 11.3 Å². The normalized spacial score (nSPS) is 10.7. The van der Waals surface area contributed by atoms with Crippen molar-refractivity contribution in [1.82, 2.24) is 15.0 Å². The van der Waals surface area contributed by atoms with Crippen molar-refractivity contribution in [1.29, 1.82) is 0 Å². The number of hydrogen-bond acceptors (Lipinski definition) is 3. The number of halogens is 1. The fraction of sp³-hybridized carbons (Fsp3) is 0.333. The van der Waals surface area contributed by atoms with Gasteiger partial charge in [0.15, 0.2) is 0 Å². The molecule has 0 aliphatic carbocycles. The van der Waals surface area contributed by atoms with E-state index >= 15 is 0 Å². The minimum Gasteiger partial charge on any atom is -0.375 e. The molecule has 1 aromatic heterocycles. The van der Waals surface area contributed by atoms with Crippen LogP contribution < -0.4 is 0 Å². The molecule has 90 valence electrons. The van der Waals surface area contributed by atoms with E-state index in [0.717, 1.165) is 24.4 Å². The summed E-state index contributed by atoms with van der Waals surface area (Å²) >= 11 is 5.82. The zero-order valence-corrected chi connectivity index (χ0v) is 10.4. The first-order valence-electron chi connectivity index (χ1n) is 5.54. The second-order valence-corrected chi connectivity index (χ2v) is 4.12. The standard InChI is InChI=1S/C12H14ClN3O/c1-2-7-17-9-11-8-16(15-14-11)12-5-3-10(13)4-6-12/h3-6,8H,2,7,9H2,1H3. The van der Waals surface area contributed by atoms with Crippen molar-refractivity contribution in [2.75, 3.05) is 6.61 Å². The lowest BCUT2D eigenvalue weighted by molar-refractivity contribution is 0.119. The van der Waals surface area contributed by atoms with E-state index in [0.29, 0.717) is 11.6 Å². The third kappa shape index (κ3) is 3.28. The van der Waals surface area contributed by atoms with Crippen molar-refractivity contribution in [3.63, 3.8) is 0 Å². The highest BCUT2D eigenvalue weighted by molar-refractivity contribution is 6.30. The van der Waals surface area contributed by atoms with Gasteiger partial charge in [0.25, 0.3) is 0 Å². The van der Waals surface area contributed by atoms with E-state index in [1.807, 2.05) is 30.5 Å². The van der Waals surface area contributed by atoms with Crippen LogP contribution in [0.15, 0.2) is 30.5 Å². The van der Waals surface area contributed by atoms with E-state index in [4.69, 9.17) is 16.3 Å². The maximum Gasteiger partial charge on any atom is 0.109 e. The number of aromatic nitrogens is 3. The van der Waals surface area contributed by atoms with E-state index < -0.39 is 0 Å². The van der Waals surface area contributed by atoms with Gasteiger partial charge < -0.3 is 4.74 Å². The van der Waals surface area contributed by atoms with Crippen molar-refractivity contribution in [3.8, 4) is 5.69 Å². The molecule has 0 aliphatic rings. The first kappa shape index (κ1) is 12.1. The van der Waals surface area contributed by atoms with E-state index in [9.17, 15) is 0 Å². The van der Waals surface area contributed by atoms with Crippen LogP contribution in [0, 0.1) is 0 Å². The summed E-state index contributed by atoms with van der Waals surface area (Å²) in [7, 11) is 0. The molecule has 0 amide bonds. The van der Waals surface area contributed by atoms with Gasteiger partial charge in [0.2, 0.25) is 0 Å². The predicted molar refractivity (Wildman–Crippen MR) is 66.3 cm³/mol. The van der Waals surface area contributed by atoms with Gasteiger partial charge in [0.1, 0.15) is 5.69 Å². The van der Waals surface area contributed by atoms with Gasteiger partial charge in [-0.25, -0.2) is 4.68 Å². The van der Waals surface area contributed by atoms with Crippen molar-refractivity contribution in [2.45, 2.75) is 20.0 Å². The molecule has 0 bridgehead atoms. The van der Waals surface area contributed by atoms with Gasteiger partial charge in [-0.3, -0.25) is 0 Å². The molecule has 2 aromatic rings. The molecule has 0 spiro atoms. The molecule has 0 radical (unpaired) electrons. The summed E-state index contributed by atoms with van der Waals surface area (Å²) in [5.74, 6) is 0. The molecule has 17 heavy (non-hydrogen) atoms. The topological polar surface area (TPSA) is 39.9 Å². The van der Waals surface area contributed by atoms with Crippen LogP contribution in [0.3, 0.4) is 0 Å². The molecular weight excluding hydrogens is 238 g/mol. The third-order valence-electron chi connectivity index (χ3n) is 2.23. The van der Waals surface area contributed by atoms with Gasteiger partial charge in [0.05, 0.1) is 18.5 Å². The molecular formula is C12H14ClN3O. The largest absolute Gasteiger partial charge is 0.375 e. The maximum atomic E-state index is 5.82. The maximum absolute atomic E-state index is 5.82. The SMILES string of the molecule is CCCOCc1cn(-c2ccc(Cl)cc2)nn1. The summed E-state index contributed by atoms with van der Waals surface area (Å²) in [4.78, 5) is 0. The van der Waals surface area contributed by atoms with Crippen LogP contribution in [-0.4, -0.2) is 21.6 Å². The quantitative estimate of drug-likeness (QED) is 0.767. The minimum atomic E-state index is 0.501. The first-order chi connectivity index (χ1) is 8.29. The lowest BCUT2D eigenvalue weighted by atomic mass is 10.3. The van der Waals surface area contributed by atoms with Gasteiger partial charge in [-0.2, -0.15) is 0 Å². The second kappa shape index (κ2) is 5.80. The van der Waals surface area contributed by atoms with Crippen LogP contribution in [0.25, 0.3) is 5.69 Å². The van der Waals surface area contributed by atoms with Crippen molar-refractivity contribution in [2.24, 2.45) is 0 Å². The average molecular weight is 252 g/mol. The Balaban J connectivity index is 2.04. The van der Waals surface area contributed by atoms with Crippen LogP contribution in [0.5, 0.6) is 0 Å². The molecule has 0 atom stereocenters. The van der Waals surface area contributed by atoms with Gasteiger partial charge in [-0.15, -0.1) is 5.10 Å².